The molecule has 3 heteroatoms. The lowest BCUT2D eigenvalue weighted by Crippen LogP contribution is -2.15. The third-order valence-corrected chi connectivity index (χ3v) is 5.87. The third-order valence-electron chi connectivity index (χ3n) is 5.87. The molecule has 1 saturated carbocycles. The van der Waals surface area contributed by atoms with E-state index in [1.807, 2.05) is 12.1 Å². The smallest absolute Gasteiger partial charge is 0.119 e. The normalized spacial score (nSPS) is 15.6. The molecule has 29 heavy (non-hydrogen) atoms. The molecule has 1 N–H and O–H groups in total. The fourth-order valence-electron chi connectivity index (χ4n) is 4.40. The molecule has 1 fully saturated rings. The van der Waals surface area contributed by atoms with Gasteiger partial charge in [0.25, 0.3) is 0 Å². The fourth-order valence-corrected chi connectivity index (χ4v) is 4.40. The fraction of sp³-hybridized carbons (Fsp3) is 0.462. The van der Waals surface area contributed by atoms with E-state index in [4.69, 9.17) is 4.74 Å². The molecule has 0 aromatic heterocycles. The van der Waals surface area contributed by atoms with Crippen molar-refractivity contribution in [1.29, 1.82) is 0 Å². The van der Waals surface area contributed by atoms with Crippen LogP contribution in [0.25, 0.3) is 5.57 Å². The van der Waals surface area contributed by atoms with Crippen LogP contribution in [0.3, 0.4) is 0 Å². The van der Waals surface area contributed by atoms with E-state index in [9.17, 15) is 5.11 Å². The number of aromatic hydroxyl groups is 1. The van der Waals surface area contributed by atoms with Gasteiger partial charge in [0.1, 0.15) is 11.5 Å². The molecule has 1 aliphatic carbocycles. The number of phenolic OH excluding ortho intramolecular Hbond substituents is 1. The van der Waals surface area contributed by atoms with Gasteiger partial charge in [0, 0.05) is 6.54 Å². The topological polar surface area (TPSA) is 32.7 Å². The van der Waals surface area contributed by atoms with Crippen molar-refractivity contribution in [3.63, 3.8) is 0 Å². The summed E-state index contributed by atoms with van der Waals surface area (Å²) in [6.45, 7) is 4.05. The first-order valence-corrected chi connectivity index (χ1v) is 11.0. The zero-order valence-corrected chi connectivity index (χ0v) is 18.2. The standard InChI is InChI=1S/C26H35NO2/c1-4-25(20-8-5-6-9-20)26(21-10-14-23(28)15-11-21)22-12-16-24(17-13-22)29-19-7-18-27(2)3/h10-17,20,28H,4-9,18-19H2,1-3H3. The molecule has 0 saturated heterocycles. The molecule has 0 atom stereocenters. The Hall–Kier alpha value is -2.26. The van der Waals surface area contributed by atoms with E-state index in [2.05, 4.69) is 50.2 Å². The highest BCUT2D eigenvalue weighted by Gasteiger charge is 2.22. The zero-order chi connectivity index (χ0) is 20.6. The van der Waals surface area contributed by atoms with Crippen LogP contribution in [0.5, 0.6) is 11.5 Å². The van der Waals surface area contributed by atoms with Gasteiger partial charge in [0.2, 0.25) is 0 Å². The second-order valence-electron chi connectivity index (χ2n) is 8.31. The van der Waals surface area contributed by atoms with Gasteiger partial charge in [0.15, 0.2) is 0 Å². The van der Waals surface area contributed by atoms with E-state index < -0.39 is 0 Å². The molecule has 156 valence electrons. The van der Waals surface area contributed by atoms with Crippen LogP contribution in [0.15, 0.2) is 54.1 Å². The van der Waals surface area contributed by atoms with Crippen molar-refractivity contribution in [1.82, 2.24) is 4.90 Å². The first-order chi connectivity index (χ1) is 14.1. The molecule has 0 radical (unpaired) electrons. The number of ether oxygens (including phenoxy) is 1. The maximum atomic E-state index is 9.75. The maximum Gasteiger partial charge on any atom is 0.119 e. The van der Waals surface area contributed by atoms with Crippen LogP contribution in [0, 0.1) is 5.92 Å². The Morgan fingerprint density at radius 3 is 2.10 bits per heavy atom. The molecule has 0 amide bonds. The number of rotatable bonds is 9. The molecule has 0 spiro atoms. The summed E-state index contributed by atoms with van der Waals surface area (Å²) in [6.07, 6.45) is 7.32. The Bertz CT molecular complexity index is 784. The summed E-state index contributed by atoms with van der Waals surface area (Å²) in [5.74, 6) is 1.91. The lowest BCUT2D eigenvalue weighted by molar-refractivity contribution is 0.281. The van der Waals surface area contributed by atoms with Gasteiger partial charge in [-0.15, -0.1) is 0 Å². The van der Waals surface area contributed by atoms with E-state index in [-0.39, 0.29) is 0 Å². The molecule has 1 aliphatic rings. The lowest BCUT2D eigenvalue weighted by atomic mass is 9.84. The van der Waals surface area contributed by atoms with Gasteiger partial charge in [-0.3, -0.25) is 0 Å². The van der Waals surface area contributed by atoms with Crippen molar-refractivity contribution in [3.05, 3.63) is 65.2 Å². The summed E-state index contributed by atoms with van der Waals surface area (Å²) in [5, 5.41) is 9.75. The van der Waals surface area contributed by atoms with Gasteiger partial charge in [-0.1, -0.05) is 49.6 Å². The largest absolute Gasteiger partial charge is 0.508 e. The molecule has 3 rings (SSSR count). The molecular formula is C26H35NO2. The van der Waals surface area contributed by atoms with Crippen molar-refractivity contribution < 1.29 is 9.84 Å². The predicted molar refractivity (Wildman–Crippen MR) is 121 cm³/mol. The molecule has 0 aliphatic heterocycles. The Kier molecular flexibility index (Phi) is 7.76. The Labute approximate surface area is 176 Å². The van der Waals surface area contributed by atoms with Gasteiger partial charge < -0.3 is 14.7 Å². The molecule has 0 heterocycles. The number of hydrogen-bond donors (Lipinski definition) is 1. The van der Waals surface area contributed by atoms with Crippen molar-refractivity contribution >= 4 is 5.57 Å². The molecule has 0 bridgehead atoms. The SMILES string of the molecule is CCC(=C(c1ccc(O)cc1)c1ccc(OCCCN(C)C)cc1)C1CCCC1. The molecular weight excluding hydrogens is 358 g/mol. The van der Waals surface area contributed by atoms with Gasteiger partial charge in [-0.05, 0) is 86.7 Å². The number of phenols is 1. The summed E-state index contributed by atoms with van der Waals surface area (Å²) >= 11 is 0. The summed E-state index contributed by atoms with van der Waals surface area (Å²) < 4.78 is 5.92. The molecule has 2 aromatic rings. The van der Waals surface area contributed by atoms with E-state index in [1.165, 1.54) is 42.4 Å². The minimum atomic E-state index is 0.313. The van der Waals surface area contributed by atoms with Crippen molar-refractivity contribution in [2.24, 2.45) is 5.92 Å². The molecule has 2 aromatic carbocycles. The number of hydrogen-bond acceptors (Lipinski definition) is 3. The highest BCUT2D eigenvalue weighted by atomic mass is 16.5. The average Bonchev–Trinajstić information content (AvgIpc) is 3.25. The van der Waals surface area contributed by atoms with Gasteiger partial charge in [-0.25, -0.2) is 0 Å². The number of allylic oxidation sites excluding steroid dienone is 1. The first kappa shape index (κ1) is 21.4. The van der Waals surface area contributed by atoms with E-state index in [1.54, 1.807) is 17.7 Å². The molecule has 0 unspecified atom stereocenters. The number of nitrogens with zero attached hydrogens (tertiary/aromatic N) is 1. The summed E-state index contributed by atoms with van der Waals surface area (Å²) in [4.78, 5) is 2.18. The summed E-state index contributed by atoms with van der Waals surface area (Å²) in [5.41, 5.74) is 5.30. The lowest BCUT2D eigenvalue weighted by Gasteiger charge is -2.21. The van der Waals surface area contributed by atoms with Crippen molar-refractivity contribution in [2.45, 2.75) is 45.4 Å². The highest BCUT2D eigenvalue weighted by molar-refractivity contribution is 5.82. The van der Waals surface area contributed by atoms with E-state index in [0.717, 1.165) is 31.7 Å². The van der Waals surface area contributed by atoms with Crippen LogP contribution >= 0.6 is 0 Å². The van der Waals surface area contributed by atoms with Crippen LogP contribution in [0.4, 0.5) is 0 Å². The Balaban J connectivity index is 1.87. The second-order valence-corrected chi connectivity index (χ2v) is 8.31. The molecule has 3 nitrogen and oxygen atoms in total. The van der Waals surface area contributed by atoms with Crippen LogP contribution in [-0.4, -0.2) is 37.3 Å². The quantitative estimate of drug-likeness (QED) is 0.521. The zero-order valence-electron chi connectivity index (χ0n) is 18.2. The third kappa shape index (κ3) is 5.86. The van der Waals surface area contributed by atoms with E-state index >= 15 is 0 Å². The summed E-state index contributed by atoms with van der Waals surface area (Å²) in [6, 6.07) is 16.2. The van der Waals surface area contributed by atoms with Crippen molar-refractivity contribution in [2.75, 3.05) is 27.2 Å². The van der Waals surface area contributed by atoms with Crippen LogP contribution < -0.4 is 4.74 Å². The average molecular weight is 394 g/mol. The second kappa shape index (κ2) is 10.5. The van der Waals surface area contributed by atoms with Gasteiger partial charge in [-0.2, -0.15) is 0 Å². The highest BCUT2D eigenvalue weighted by Crippen LogP contribution is 2.40. The minimum absolute atomic E-state index is 0.313. The number of benzene rings is 2. The van der Waals surface area contributed by atoms with Gasteiger partial charge in [0.05, 0.1) is 6.61 Å². The first-order valence-electron chi connectivity index (χ1n) is 11.0. The monoisotopic (exact) mass is 393 g/mol. The van der Waals surface area contributed by atoms with Crippen LogP contribution in [0.1, 0.15) is 56.6 Å². The van der Waals surface area contributed by atoms with Gasteiger partial charge >= 0.3 is 0 Å². The predicted octanol–water partition coefficient (Wildman–Crippen LogP) is 6.12. The van der Waals surface area contributed by atoms with Crippen LogP contribution in [-0.2, 0) is 0 Å². The Morgan fingerprint density at radius 1 is 0.966 bits per heavy atom. The summed E-state index contributed by atoms with van der Waals surface area (Å²) in [7, 11) is 4.17. The minimum Gasteiger partial charge on any atom is -0.508 e. The Morgan fingerprint density at radius 2 is 1.55 bits per heavy atom. The van der Waals surface area contributed by atoms with E-state index in [0.29, 0.717) is 11.7 Å². The van der Waals surface area contributed by atoms with Crippen LogP contribution in [0.2, 0.25) is 0 Å². The van der Waals surface area contributed by atoms with Crippen molar-refractivity contribution in [3.8, 4) is 11.5 Å². The maximum absolute atomic E-state index is 9.75.